The first-order valence-corrected chi connectivity index (χ1v) is 21.0. The van der Waals surface area contributed by atoms with Crippen molar-refractivity contribution in [3.05, 3.63) is 46.6 Å². The van der Waals surface area contributed by atoms with Gasteiger partial charge in [0.05, 0.1) is 29.1 Å². The van der Waals surface area contributed by atoms with E-state index in [0.29, 0.717) is 61.4 Å². The molecule has 1 aromatic carbocycles. The van der Waals surface area contributed by atoms with E-state index < -0.39 is 67.7 Å². The Bertz CT molecular complexity index is 2020. The molecule has 7 rings (SSSR count). The number of benzene rings is 1. The van der Waals surface area contributed by atoms with Gasteiger partial charge in [-0.2, -0.15) is 0 Å². The van der Waals surface area contributed by atoms with Gasteiger partial charge >= 0.3 is 6.09 Å². The van der Waals surface area contributed by atoms with Crippen LogP contribution >= 0.6 is 11.6 Å². The second kappa shape index (κ2) is 14.3. The summed E-state index contributed by atoms with van der Waals surface area (Å²) in [4.78, 5) is 62.4. The Morgan fingerprint density at radius 3 is 2.67 bits per heavy atom. The molecule has 3 N–H and O–H groups in total. The molecular weight excluding hydrogens is 734 g/mol. The molecule has 2 aromatic rings. The van der Waals surface area contributed by atoms with Crippen molar-refractivity contribution in [1.82, 2.24) is 25.2 Å². The number of ether oxygens (including phenoxy) is 2. The number of sulfonamides is 1. The van der Waals surface area contributed by atoms with Gasteiger partial charge < -0.3 is 25.0 Å². The summed E-state index contributed by atoms with van der Waals surface area (Å²) in [5, 5.41) is 7.21. The summed E-state index contributed by atoms with van der Waals surface area (Å²) >= 11 is 6.28. The number of halogens is 1. The molecule has 1 aromatic heterocycles. The van der Waals surface area contributed by atoms with Gasteiger partial charge in [0.25, 0.3) is 5.91 Å². The van der Waals surface area contributed by atoms with Gasteiger partial charge in [-0.25, -0.2) is 18.2 Å². The molecule has 2 aliphatic carbocycles. The van der Waals surface area contributed by atoms with Gasteiger partial charge in [0, 0.05) is 28.3 Å². The standard InChI is InChI=1S/C39H50ClN5O8S/c1-23(2)21-52-36(49)42-29-11-9-7-5-6-8-10-25-19-39(25,35(48)44-54(50,51)37(4)16-17-37)43-33(46)31-20-38(22-45(31)34(29)47)15-14-28-27-13-12-26(40)18-30(27)41-24(3)32(28)53-38/h8,10,12-13,18,23,25,29,31H,5-7,9,11,14-17,19-22H2,1-4H3,(H,42,49)(H,43,46)(H,44,48)/b10-8-/t25-,29+,31+,38-,39?/m1/s1. The van der Waals surface area contributed by atoms with Crippen molar-refractivity contribution in [2.24, 2.45) is 11.8 Å². The van der Waals surface area contributed by atoms with E-state index in [1.54, 1.807) is 6.92 Å². The minimum absolute atomic E-state index is 0.0515. The third-order valence-electron chi connectivity index (χ3n) is 11.8. The van der Waals surface area contributed by atoms with Gasteiger partial charge in [0.1, 0.15) is 29.0 Å². The molecule has 1 unspecified atom stereocenters. The lowest BCUT2D eigenvalue weighted by Crippen LogP contribution is -2.58. The lowest BCUT2D eigenvalue weighted by molar-refractivity contribution is -0.141. The van der Waals surface area contributed by atoms with Crippen molar-refractivity contribution in [3.8, 4) is 5.75 Å². The number of aromatic nitrogens is 1. The van der Waals surface area contributed by atoms with E-state index in [0.717, 1.165) is 29.3 Å². The molecule has 0 radical (unpaired) electrons. The Morgan fingerprint density at radius 2 is 1.93 bits per heavy atom. The zero-order valence-electron chi connectivity index (χ0n) is 31.3. The topological polar surface area (TPSA) is 173 Å². The minimum Gasteiger partial charge on any atom is -0.483 e. The Hall–Kier alpha value is -3.91. The number of alkyl carbamates (subject to hydrolysis) is 1. The van der Waals surface area contributed by atoms with Gasteiger partial charge in [-0.05, 0) is 83.3 Å². The molecule has 1 spiro atoms. The number of rotatable bonds is 6. The van der Waals surface area contributed by atoms with Crippen LogP contribution in [0.5, 0.6) is 5.75 Å². The number of aryl methyl sites for hydroxylation is 2. The highest BCUT2D eigenvalue weighted by Gasteiger charge is 2.64. The van der Waals surface area contributed by atoms with E-state index in [1.807, 2.05) is 51.1 Å². The lowest BCUT2D eigenvalue weighted by Gasteiger charge is -2.36. The Balaban J connectivity index is 1.22. The molecule has 1 saturated heterocycles. The van der Waals surface area contributed by atoms with Crippen molar-refractivity contribution < 1.29 is 37.1 Å². The molecule has 3 fully saturated rings. The molecule has 292 valence electrons. The number of hydrogen-bond donors (Lipinski definition) is 3. The average molecular weight is 784 g/mol. The summed E-state index contributed by atoms with van der Waals surface area (Å²) in [6.45, 7) is 7.52. The highest BCUT2D eigenvalue weighted by molar-refractivity contribution is 7.91. The number of fused-ring (bicyclic) bond motifs is 5. The van der Waals surface area contributed by atoms with E-state index in [9.17, 15) is 27.6 Å². The van der Waals surface area contributed by atoms with Crippen LogP contribution in [0.2, 0.25) is 5.02 Å². The molecule has 5 atom stereocenters. The van der Waals surface area contributed by atoms with Crippen LogP contribution < -0.4 is 20.1 Å². The summed E-state index contributed by atoms with van der Waals surface area (Å²) in [5.41, 5.74) is -0.107. The van der Waals surface area contributed by atoms with Crippen molar-refractivity contribution >= 4 is 56.3 Å². The van der Waals surface area contributed by atoms with Crippen LogP contribution in [0, 0.1) is 18.8 Å². The molecule has 4 heterocycles. The molecule has 15 heteroatoms. The molecule has 5 aliphatic rings. The minimum atomic E-state index is -3.98. The monoisotopic (exact) mass is 783 g/mol. The molecule has 4 amide bonds. The summed E-state index contributed by atoms with van der Waals surface area (Å²) < 4.78 is 39.9. The summed E-state index contributed by atoms with van der Waals surface area (Å²) in [5.74, 6) is -1.55. The van der Waals surface area contributed by atoms with Crippen LogP contribution in [-0.2, 0) is 35.6 Å². The zero-order chi connectivity index (χ0) is 38.6. The van der Waals surface area contributed by atoms with E-state index >= 15 is 0 Å². The predicted molar refractivity (Wildman–Crippen MR) is 202 cm³/mol. The number of nitrogens with zero attached hydrogens (tertiary/aromatic N) is 2. The first-order chi connectivity index (χ1) is 25.6. The van der Waals surface area contributed by atoms with Gasteiger partial charge in [-0.1, -0.05) is 56.5 Å². The van der Waals surface area contributed by atoms with E-state index in [4.69, 9.17) is 26.1 Å². The Labute approximate surface area is 321 Å². The summed E-state index contributed by atoms with van der Waals surface area (Å²) in [6, 6.07) is 3.48. The fourth-order valence-corrected chi connectivity index (χ4v) is 9.57. The SMILES string of the molecule is Cc1nc2cc(Cl)ccc2c2c1O[C@]1(CC2)C[C@H]2C(=O)NC3(C(=O)NS(=O)(=O)C4(C)CC4)C[C@H]3/C=C\CCCCC[C@H](NC(=O)OCC(C)C)C(=O)N2C1. The summed E-state index contributed by atoms with van der Waals surface area (Å²) in [6.07, 6.45) is 8.69. The van der Waals surface area contributed by atoms with Crippen molar-refractivity contribution in [3.63, 3.8) is 0 Å². The number of carbonyl (C=O) groups excluding carboxylic acids is 4. The third-order valence-corrected chi connectivity index (χ3v) is 14.2. The highest BCUT2D eigenvalue weighted by atomic mass is 35.5. The number of nitrogens with one attached hydrogen (secondary N) is 3. The lowest BCUT2D eigenvalue weighted by atomic mass is 9.87. The quantitative estimate of drug-likeness (QED) is 0.341. The average Bonchev–Trinajstić information content (AvgIpc) is 4.01. The molecule has 13 nitrogen and oxygen atoms in total. The smallest absolute Gasteiger partial charge is 0.407 e. The summed E-state index contributed by atoms with van der Waals surface area (Å²) in [7, 11) is -3.98. The second-order valence-corrected chi connectivity index (χ2v) is 19.2. The van der Waals surface area contributed by atoms with E-state index in [2.05, 4.69) is 15.4 Å². The molecule has 0 bridgehead atoms. The van der Waals surface area contributed by atoms with Crippen LogP contribution in [0.3, 0.4) is 0 Å². The number of carbonyl (C=O) groups is 4. The van der Waals surface area contributed by atoms with Crippen LogP contribution in [0.15, 0.2) is 30.4 Å². The van der Waals surface area contributed by atoms with Gasteiger partial charge in [-0.3, -0.25) is 19.1 Å². The number of allylic oxidation sites excluding steroid dienone is 1. The molecule has 2 saturated carbocycles. The van der Waals surface area contributed by atoms with Crippen molar-refractivity contribution in [2.45, 2.75) is 126 Å². The number of hydrogen-bond acceptors (Lipinski definition) is 9. The first kappa shape index (κ1) is 38.4. The maximum absolute atomic E-state index is 14.7. The predicted octanol–water partition coefficient (Wildman–Crippen LogP) is 5.01. The third kappa shape index (κ3) is 7.39. The van der Waals surface area contributed by atoms with Crippen LogP contribution in [-0.4, -0.2) is 83.2 Å². The Morgan fingerprint density at radius 1 is 1.15 bits per heavy atom. The van der Waals surface area contributed by atoms with E-state index in [-0.39, 0.29) is 31.9 Å². The van der Waals surface area contributed by atoms with E-state index in [1.165, 1.54) is 4.90 Å². The fraction of sp³-hybridized carbons (Fsp3) is 0.615. The van der Waals surface area contributed by atoms with Crippen LogP contribution in [0.4, 0.5) is 4.79 Å². The Kier molecular flexibility index (Phi) is 10.2. The zero-order valence-corrected chi connectivity index (χ0v) is 32.9. The second-order valence-electron chi connectivity index (χ2n) is 16.5. The van der Waals surface area contributed by atoms with Gasteiger partial charge in [0.15, 0.2) is 0 Å². The maximum atomic E-state index is 14.7. The number of pyridine rings is 1. The normalized spacial score (nSPS) is 29.8. The maximum Gasteiger partial charge on any atom is 0.407 e. The van der Waals surface area contributed by atoms with Crippen molar-refractivity contribution in [1.29, 1.82) is 0 Å². The van der Waals surface area contributed by atoms with Crippen molar-refractivity contribution in [2.75, 3.05) is 13.2 Å². The largest absolute Gasteiger partial charge is 0.483 e. The fourth-order valence-electron chi connectivity index (χ4n) is 8.09. The molecule has 3 aliphatic heterocycles. The molecule has 54 heavy (non-hydrogen) atoms. The van der Waals surface area contributed by atoms with Crippen LogP contribution in [0.25, 0.3) is 10.9 Å². The highest BCUT2D eigenvalue weighted by Crippen LogP contribution is 2.49. The van der Waals surface area contributed by atoms with Gasteiger partial charge in [0.2, 0.25) is 21.8 Å². The first-order valence-electron chi connectivity index (χ1n) is 19.1. The number of amides is 4. The van der Waals surface area contributed by atoms with Gasteiger partial charge in [-0.15, -0.1) is 0 Å². The van der Waals surface area contributed by atoms with Crippen LogP contribution in [0.1, 0.15) is 96.2 Å². The molecular formula is C39H50ClN5O8S.